The standard InChI is InChI=1S/C30H29N7O2/c1-17-5-6-22(18-7-8-39-16-18)23-11-25(35-29(23)33-17)27-24-10-20(14-32-28(24)37-36-27)19-9-21(15-31-13-19)34-26(38)12-30(2,3)4/h5-11,13-16,33,35H,12H2,1-4H3,(H,34,38)(H,32,36,37). The molecule has 1 aliphatic rings. The van der Waals surface area contributed by atoms with Gasteiger partial charge < -0.3 is 20.0 Å². The van der Waals surface area contributed by atoms with Gasteiger partial charge in [-0.1, -0.05) is 26.8 Å². The fourth-order valence-corrected chi connectivity index (χ4v) is 4.72. The number of amides is 1. The Bertz CT molecular complexity index is 1750. The number of anilines is 2. The number of carbonyl (C=O) groups excluding carboxylic acids is 1. The van der Waals surface area contributed by atoms with Crippen LogP contribution >= 0.6 is 0 Å². The number of aromatic nitrogens is 5. The van der Waals surface area contributed by atoms with E-state index >= 15 is 0 Å². The summed E-state index contributed by atoms with van der Waals surface area (Å²) in [7, 11) is 0. The number of aromatic amines is 2. The minimum absolute atomic E-state index is 0.0406. The van der Waals surface area contributed by atoms with Crippen LogP contribution in [-0.2, 0) is 4.79 Å². The van der Waals surface area contributed by atoms with E-state index in [4.69, 9.17) is 4.42 Å². The highest BCUT2D eigenvalue weighted by Crippen LogP contribution is 2.38. The number of rotatable bonds is 5. The minimum Gasteiger partial charge on any atom is -0.472 e. The van der Waals surface area contributed by atoms with Gasteiger partial charge in [-0.25, -0.2) is 4.98 Å². The van der Waals surface area contributed by atoms with Crippen molar-refractivity contribution in [1.82, 2.24) is 25.1 Å². The van der Waals surface area contributed by atoms with Gasteiger partial charge in [0.1, 0.15) is 5.82 Å². The van der Waals surface area contributed by atoms with Crippen molar-refractivity contribution in [2.24, 2.45) is 5.41 Å². The van der Waals surface area contributed by atoms with E-state index in [2.05, 4.69) is 47.9 Å². The van der Waals surface area contributed by atoms with Gasteiger partial charge in [-0.3, -0.25) is 14.9 Å². The number of pyridine rings is 2. The molecule has 1 amide bonds. The normalized spacial score (nSPS) is 13.3. The van der Waals surface area contributed by atoms with Crippen molar-refractivity contribution < 1.29 is 9.21 Å². The highest BCUT2D eigenvalue weighted by molar-refractivity contribution is 5.96. The first-order valence-corrected chi connectivity index (χ1v) is 12.7. The molecule has 0 aromatic carbocycles. The highest BCUT2D eigenvalue weighted by Gasteiger charge is 2.21. The number of allylic oxidation sites excluding steroid dienone is 3. The summed E-state index contributed by atoms with van der Waals surface area (Å²) in [6.45, 7) is 8.13. The Balaban J connectivity index is 1.35. The molecular formula is C30H29N7O2. The number of hydrogen-bond acceptors (Lipinski definition) is 6. The van der Waals surface area contributed by atoms with Crippen molar-refractivity contribution in [1.29, 1.82) is 0 Å². The molecule has 0 atom stereocenters. The van der Waals surface area contributed by atoms with Crippen molar-refractivity contribution in [3.8, 4) is 22.5 Å². The third-order valence-corrected chi connectivity index (χ3v) is 6.49. The zero-order valence-corrected chi connectivity index (χ0v) is 22.2. The smallest absolute Gasteiger partial charge is 0.224 e. The zero-order chi connectivity index (χ0) is 27.1. The number of hydrogen-bond donors (Lipinski definition) is 4. The first-order valence-electron chi connectivity index (χ1n) is 12.7. The summed E-state index contributed by atoms with van der Waals surface area (Å²) in [5.74, 6) is 0.847. The molecular weight excluding hydrogens is 490 g/mol. The molecule has 1 aliphatic heterocycles. The Morgan fingerprint density at radius 3 is 2.69 bits per heavy atom. The van der Waals surface area contributed by atoms with Crippen molar-refractivity contribution in [3.05, 3.63) is 84.4 Å². The van der Waals surface area contributed by atoms with Gasteiger partial charge >= 0.3 is 0 Å². The predicted octanol–water partition coefficient (Wildman–Crippen LogP) is 6.74. The molecule has 196 valence electrons. The van der Waals surface area contributed by atoms with Gasteiger partial charge in [0.25, 0.3) is 0 Å². The summed E-state index contributed by atoms with van der Waals surface area (Å²) in [5.41, 5.74) is 8.65. The van der Waals surface area contributed by atoms with E-state index in [1.54, 1.807) is 31.1 Å². The molecule has 9 nitrogen and oxygen atoms in total. The molecule has 39 heavy (non-hydrogen) atoms. The summed E-state index contributed by atoms with van der Waals surface area (Å²) < 4.78 is 5.35. The Morgan fingerprint density at radius 1 is 1.05 bits per heavy atom. The summed E-state index contributed by atoms with van der Waals surface area (Å²) in [6, 6.07) is 8.00. The number of H-pyrrole nitrogens is 2. The molecule has 0 unspecified atom stereocenters. The van der Waals surface area contributed by atoms with Crippen LogP contribution in [0.25, 0.3) is 39.1 Å². The van der Waals surface area contributed by atoms with Gasteiger partial charge in [0, 0.05) is 52.2 Å². The van der Waals surface area contributed by atoms with Crippen LogP contribution in [0, 0.1) is 5.41 Å². The second-order valence-electron chi connectivity index (χ2n) is 11.0. The number of nitrogens with zero attached hydrogens (tertiary/aromatic N) is 3. The van der Waals surface area contributed by atoms with Gasteiger partial charge in [0.05, 0.1) is 35.8 Å². The Hall–Kier alpha value is -4.92. The van der Waals surface area contributed by atoms with Crippen molar-refractivity contribution >= 4 is 34.0 Å². The van der Waals surface area contributed by atoms with E-state index in [9.17, 15) is 4.79 Å². The first kappa shape index (κ1) is 24.4. The third kappa shape index (κ3) is 4.98. The van der Waals surface area contributed by atoms with E-state index in [1.807, 2.05) is 52.0 Å². The summed E-state index contributed by atoms with van der Waals surface area (Å²) >= 11 is 0. The van der Waals surface area contributed by atoms with Gasteiger partial charge in [-0.15, -0.1) is 0 Å². The summed E-state index contributed by atoms with van der Waals surface area (Å²) in [6.07, 6.45) is 13.2. The van der Waals surface area contributed by atoms with E-state index < -0.39 is 0 Å². The molecule has 0 radical (unpaired) electrons. The van der Waals surface area contributed by atoms with Crippen LogP contribution in [0.2, 0.25) is 0 Å². The largest absolute Gasteiger partial charge is 0.472 e. The molecule has 0 spiro atoms. The number of carbonyl (C=O) groups is 1. The lowest BCUT2D eigenvalue weighted by atomic mass is 9.92. The van der Waals surface area contributed by atoms with Gasteiger partial charge in [-0.2, -0.15) is 5.10 Å². The molecule has 6 rings (SSSR count). The van der Waals surface area contributed by atoms with Crippen LogP contribution in [0.4, 0.5) is 11.5 Å². The summed E-state index contributed by atoms with van der Waals surface area (Å²) in [5, 5.41) is 14.9. The maximum Gasteiger partial charge on any atom is 0.224 e. The van der Waals surface area contributed by atoms with Crippen molar-refractivity contribution in [3.63, 3.8) is 0 Å². The maximum atomic E-state index is 12.5. The lowest BCUT2D eigenvalue weighted by Gasteiger charge is -2.17. The van der Waals surface area contributed by atoms with E-state index in [-0.39, 0.29) is 11.3 Å². The lowest BCUT2D eigenvalue weighted by molar-refractivity contribution is -0.117. The Labute approximate surface area is 225 Å². The van der Waals surface area contributed by atoms with Gasteiger partial charge in [0.15, 0.2) is 5.65 Å². The quantitative estimate of drug-likeness (QED) is 0.204. The fraction of sp³-hybridized carbons (Fsp3) is 0.200. The van der Waals surface area contributed by atoms with E-state index in [0.29, 0.717) is 17.8 Å². The molecule has 0 saturated heterocycles. The molecule has 0 fully saturated rings. The van der Waals surface area contributed by atoms with E-state index in [0.717, 1.165) is 56.1 Å². The Kier molecular flexibility index (Phi) is 5.91. The maximum absolute atomic E-state index is 12.5. The average Bonchev–Trinajstić information content (AvgIpc) is 3.62. The van der Waals surface area contributed by atoms with Crippen LogP contribution in [0.3, 0.4) is 0 Å². The third-order valence-electron chi connectivity index (χ3n) is 6.49. The number of furan rings is 1. The molecule has 0 aliphatic carbocycles. The van der Waals surface area contributed by atoms with Crippen molar-refractivity contribution in [2.45, 2.75) is 34.1 Å². The van der Waals surface area contributed by atoms with Crippen LogP contribution in [0.15, 0.2) is 77.6 Å². The van der Waals surface area contributed by atoms with Crippen LogP contribution < -0.4 is 10.6 Å². The van der Waals surface area contributed by atoms with Crippen LogP contribution in [0.1, 0.15) is 45.2 Å². The van der Waals surface area contributed by atoms with Gasteiger partial charge in [0.2, 0.25) is 5.91 Å². The van der Waals surface area contributed by atoms with Gasteiger partial charge in [-0.05, 0) is 48.3 Å². The molecule has 9 heteroatoms. The first-order chi connectivity index (χ1) is 18.7. The molecule has 5 aromatic heterocycles. The van der Waals surface area contributed by atoms with E-state index in [1.165, 1.54) is 0 Å². The predicted molar refractivity (Wildman–Crippen MR) is 153 cm³/mol. The monoisotopic (exact) mass is 519 g/mol. The second kappa shape index (κ2) is 9.43. The van der Waals surface area contributed by atoms with Crippen molar-refractivity contribution in [2.75, 3.05) is 10.6 Å². The molecule has 6 heterocycles. The van der Waals surface area contributed by atoms with Crippen LogP contribution in [-0.4, -0.2) is 31.1 Å². The molecule has 5 aromatic rings. The average molecular weight is 520 g/mol. The second-order valence-corrected chi connectivity index (χ2v) is 11.0. The molecule has 0 saturated carbocycles. The fourth-order valence-electron chi connectivity index (χ4n) is 4.72. The highest BCUT2D eigenvalue weighted by atomic mass is 16.3. The minimum atomic E-state index is -0.0997. The number of fused-ring (bicyclic) bond motifs is 2. The lowest BCUT2D eigenvalue weighted by Crippen LogP contribution is -2.19. The SMILES string of the molecule is CC1=CC=C(c2ccoc2)c2cc(-c3[nH]nc4ncc(-c5cncc(NC(=O)CC(C)(C)C)c5)cc34)[nH]c2N1. The zero-order valence-electron chi connectivity index (χ0n) is 22.2. The topological polar surface area (TPSA) is 125 Å². The number of nitrogens with one attached hydrogen (secondary N) is 4. The molecule has 0 bridgehead atoms. The Morgan fingerprint density at radius 2 is 1.90 bits per heavy atom. The van der Waals surface area contributed by atoms with Crippen LogP contribution in [0.5, 0.6) is 0 Å². The molecule has 4 N–H and O–H groups in total. The summed E-state index contributed by atoms with van der Waals surface area (Å²) in [4.78, 5) is 24.9.